The van der Waals surface area contributed by atoms with Crippen molar-refractivity contribution >= 4 is 34.1 Å². The normalized spacial score (nSPS) is 12.7. The van der Waals surface area contributed by atoms with Crippen LogP contribution in [0.3, 0.4) is 0 Å². The van der Waals surface area contributed by atoms with Crippen molar-refractivity contribution in [2.75, 3.05) is 20.8 Å². The SMILES string of the molecule is CCOC(=S)S[C@H](/C(C)=N/O)c1ccc(OC)c(OC)c1. The van der Waals surface area contributed by atoms with Gasteiger partial charge in [0.15, 0.2) is 11.5 Å². The van der Waals surface area contributed by atoms with Crippen LogP contribution in [0.2, 0.25) is 0 Å². The summed E-state index contributed by atoms with van der Waals surface area (Å²) in [4.78, 5) is 0. The minimum atomic E-state index is -0.256. The number of methoxy groups -OCH3 is 2. The standard InChI is InChI=1S/C14H19NO4S2/c1-5-19-14(20)21-13(9(2)15-16)10-6-7-11(17-3)12(8-10)18-4/h6-8,13,16H,5H2,1-4H3/b15-9+/t13-/m1/s1. The second kappa shape index (κ2) is 8.74. The van der Waals surface area contributed by atoms with Crippen LogP contribution in [0, 0.1) is 0 Å². The van der Waals surface area contributed by atoms with Gasteiger partial charge in [0.2, 0.25) is 4.38 Å². The Kier molecular flexibility index (Phi) is 7.31. The first kappa shape index (κ1) is 17.6. The zero-order chi connectivity index (χ0) is 15.8. The smallest absolute Gasteiger partial charge is 0.220 e. The molecule has 0 fully saturated rings. The Balaban J connectivity index is 3.11. The number of oxime groups is 1. The molecule has 0 amide bonds. The Morgan fingerprint density at radius 3 is 2.52 bits per heavy atom. The van der Waals surface area contributed by atoms with E-state index in [9.17, 15) is 0 Å². The van der Waals surface area contributed by atoms with Crippen LogP contribution in [0.15, 0.2) is 23.4 Å². The first-order chi connectivity index (χ1) is 10.1. The largest absolute Gasteiger partial charge is 0.493 e. The monoisotopic (exact) mass is 329 g/mol. The fraction of sp³-hybridized carbons (Fsp3) is 0.429. The third-order valence-corrected chi connectivity index (χ3v) is 4.29. The maximum atomic E-state index is 9.07. The number of ether oxygens (including phenoxy) is 3. The van der Waals surface area contributed by atoms with Gasteiger partial charge in [0.05, 0.1) is 31.8 Å². The highest BCUT2D eigenvalue weighted by atomic mass is 32.2. The van der Waals surface area contributed by atoms with E-state index >= 15 is 0 Å². The number of thiocarbonyl (C=S) groups is 1. The Bertz CT molecular complexity index is 520. The van der Waals surface area contributed by atoms with Crippen LogP contribution in [0.1, 0.15) is 24.7 Å². The van der Waals surface area contributed by atoms with Crippen LogP contribution in [0.25, 0.3) is 0 Å². The molecule has 1 rings (SSSR count). The summed E-state index contributed by atoms with van der Waals surface area (Å²) in [7, 11) is 3.15. The average Bonchev–Trinajstić information content (AvgIpc) is 2.51. The lowest BCUT2D eigenvalue weighted by atomic mass is 10.1. The van der Waals surface area contributed by atoms with Gasteiger partial charge in [0, 0.05) is 0 Å². The number of hydrogen-bond acceptors (Lipinski definition) is 7. The minimum Gasteiger partial charge on any atom is -0.493 e. The Labute approximate surface area is 134 Å². The number of rotatable bonds is 6. The van der Waals surface area contributed by atoms with Gasteiger partial charge in [-0.2, -0.15) is 0 Å². The topological polar surface area (TPSA) is 60.3 Å². The molecule has 5 nitrogen and oxygen atoms in total. The van der Waals surface area contributed by atoms with Crippen LogP contribution in [0.5, 0.6) is 11.5 Å². The number of nitrogens with zero attached hydrogens (tertiary/aromatic N) is 1. The number of thioether (sulfide) groups is 1. The zero-order valence-corrected chi connectivity index (χ0v) is 14.1. The van der Waals surface area contributed by atoms with Gasteiger partial charge in [-0.25, -0.2) is 0 Å². The van der Waals surface area contributed by atoms with Gasteiger partial charge in [0.25, 0.3) is 0 Å². The first-order valence-electron chi connectivity index (χ1n) is 6.31. The van der Waals surface area contributed by atoms with Crippen molar-refractivity contribution in [3.8, 4) is 11.5 Å². The quantitative estimate of drug-likeness (QED) is 0.372. The van der Waals surface area contributed by atoms with Crippen molar-refractivity contribution in [2.24, 2.45) is 5.16 Å². The molecule has 0 bridgehead atoms. The average molecular weight is 329 g/mol. The van der Waals surface area contributed by atoms with Crippen LogP contribution in [-0.4, -0.2) is 36.1 Å². The molecule has 0 unspecified atom stereocenters. The zero-order valence-electron chi connectivity index (χ0n) is 12.5. The molecule has 0 aliphatic rings. The van der Waals surface area contributed by atoms with E-state index in [1.165, 1.54) is 11.8 Å². The third-order valence-electron chi connectivity index (χ3n) is 2.72. The molecular weight excluding hydrogens is 310 g/mol. The molecule has 1 N–H and O–H groups in total. The fourth-order valence-corrected chi connectivity index (χ4v) is 3.00. The highest BCUT2D eigenvalue weighted by Crippen LogP contribution is 2.37. The fourth-order valence-electron chi connectivity index (χ4n) is 1.71. The van der Waals surface area contributed by atoms with E-state index in [0.29, 0.717) is 28.2 Å². The highest BCUT2D eigenvalue weighted by Gasteiger charge is 2.21. The summed E-state index contributed by atoms with van der Waals surface area (Å²) in [6.45, 7) is 4.09. The molecule has 0 radical (unpaired) electrons. The van der Waals surface area contributed by atoms with Gasteiger partial charge in [-0.3, -0.25) is 0 Å². The molecule has 1 aromatic rings. The molecule has 0 heterocycles. The van der Waals surface area contributed by atoms with Gasteiger partial charge >= 0.3 is 0 Å². The number of benzene rings is 1. The first-order valence-corrected chi connectivity index (χ1v) is 7.60. The van der Waals surface area contributed by atoms with E-state index in [1.807, 2.05) is 19.1 Å². The van der Waals surface area contributed by atoms with E-state index in [4.69, 9.17) is 31.6 Å². The lowest BCUT2D eigenvalue weighted by Gasteiger charge is -2.18. The molecule has 0 saturated carbocycles. The van der Waals surface area contributed by atoms with Crippen LogP contribution in [0.4, 0.5) is 0 Å². The van der Waals surface area contributed by atoms with Crippen molar-refractivity contribution in [2.45, 2.75) is 19.1 Å². The molecule has 0 aliphatic heterocycles. The van der Waals surface area contributed by atoms with Crippen molar-refractivity contribution in [1.82, 2.24) is 0 Å². The van der Waals surface area contributed by atoms with Crippen molar-refractivity contribution < 1.29 is 19.4 Å². The summed E-state index contributed by atoms with van der Waals surface area (Å²) < 4.78 is 16.2. The minimum absolute atomic E-state index is 0.256. The molecule has 0 saturated heterocycles. The van der Waals surface area contributed by atoms with Gasteiger partial charge in [-0.1, -0.05) is 23.0 Å². The second-order valence-corrected chi connectivity index (χ2v) is 5.74. The summed E-state index contributed by atoms with van der Waals surface area (Å²) >= 11 is 6.46. The van der Waals surface area contributed by atoms with Crippen molar-refractivity contribution in [3.05, 3.63) is 23.8 Å². The summed E-state index contributed by atoms with van der Waals surface area (Å²) in [5, 5.41) is 12.1. The molecule has 21 heavy (non-hydrogen) atoms. The summed E-state index contributed by atoms with van der Waals surface area (Å²) in [5.74, 6) is 1.24. The molecule has 0 spiro atoms. The summed E-state index contributed by atoms with van der Waals surface area (Å²) in [6.07, 6.45) is 0. The van der Waals surface area contributed by atoms with E-state index in [0.717, 1.165) is 5.56 Å². The molecule has 116 valence electrons. The van der Waals surface area contributed by atoms with Crippen molar-refractivity contribution in [3.63, 3.8) is 0 Å². The van der Waals surface area contributed by atoms with E-state index in [1.54, 1.807) is 27.2 Å². The summed E-state index contributed by atoms with van der Waals surface area (Å²) in [6, 6.07) is 5.51. The van der Waals surface area contributed by atoms with Crippen molar-refractivity contribution in [1.29, 1.82) is 0 Å². The van der Waals surface area contributed by atoms with Gasteiger partial charge < -0.3 is 19.4 Å². The van der Waals surface area contributed by atoms with E-state index < -0.39 is 0 Å². The molecule has 0 aromatic heterocycles. The maximum absolute atomic E-state index is 9.07. The van der Waals surface area contributed by atoms with Crippen LogP contribution >= 0.6 is 24.0 Å². The van der Waals surface area contributed by atoms with Crippen LogP contribution in [-0.2, 0) is 4.74 Å². The molecule has 7 heteroatoms. The lowest BCUT2D eigenvalue weighted by molar-refractivity contribution is 0.317. The second-order valence-electron chi connectivity index (χ2n) is 4.04. The molecule has 1 atom stereocenters. The lowest BCUT2D eigenvalue weighted by Crippen LogP contribution is -2.10. The summed E-state index contributed by atoms with van der Waals surface area (Å²) in [5.41, 5.74) is 1.41. The Hall–Kier alpha value is -1.47. The number of hydrogen-bond donors (Lipinski definition) is 1. The van der Waals surface area contributed by atoms with Gasteiger partial charge in [-0.05, 0) is 43.8 Å². The Morgan fingerprint density at radius 1 is 1.33 bits per heavy atom. The molecule has 0 aliphatic carbocycles. The third kappa shape index (κ3) is 4.78. The Morgan fingerprint density at radius 2 is 2.00 bits per heavy atom. The predicted molar refractivity (Wildman–Crippen MR) is 89.0 cm³/mol. The van der Waals surface area contributed by atoms with E-state index in [-0.39, 0.29) is 5.25 Å². The van der Waals surface area contributed by atoms with Crippen LogP contribution < -0.4 is 9.47 Å². The van der Waals surface area contributed by atoms with Gasteiger partial charge in [-0.15, -0.1) is 0 Å². The van der Waals surface area contributed by atoms with E-state index in [2.05, 4.69) is 5.16 Å². The highest BCUT2D eigenvalue weighted by molar-refractivity contribution is 8.23. The maximum Gasteiger partial charge on any atom is 0.220 e. The van der Waals surface area contributed by atoms with Gasteiger partial charge in [0.1, 0.15) is 0 Å². The predicted octanol–water partition coefficient (Wildman–Crippen LogP) is 3.65. The molecular formula is C14H19NO4S2. The molecule has 1 aromatic carbocycles.